The number of piperazine rings is 1. The largest absolute Gasteiger partial charge is 0.339 e. The summed E-state index contributed by atoms with van der Waals surface area (Å²) in [6.45, 7) is 6.68. The summed E-state index contributed by atoms with van der Waals surface area (Å²) in [6.07, 6.45) is 5.06. The fourth-order valence-electron chi connectivity index (χ4n) is 5.22. The Morgan fingerprint density at radius 2 is 1.95 bits per heavy atom. The van der Waals surface area contributed by atoms with Gasteiger partial charge >= 0.3 is 6.03 Å². The minimum absolute atomic E-state index is 0.00771. The molecule has 0 spiro atoms. The fourth-order valence-corrected chi connectivity index (χ4v) is 5.22. The van der Waals surface area contributed by atoms with Gasteiger partial charge in [-0.25, -0.2) is 24.7 Å². The molecule has 3 aliphatic heterocycles. The molecule has 3 aliphatic rings. The second kappa shape index (κ2) is 8.51. The summed E-state index contributed by atoms with van der Waals surface area (Å²) in [6, 6.07) is 9.48. The SMILES string of the molecule is CC1(C)C(=O)c2ccc(-c3cnc(N4CCN5C(=O)NC[C@H]5C4)nc3)nc2N1Cc1cccnc1C#N. The van der Waals surface area contributed by atoms with Crippen LogP contribution in [0, 0.1) is 11.3 Å². The molecule has 0 bridgehead atoms. The third-order valence-corrected chi connectivity index (χ3v) is 7.38. The molecule has 186 valence electrons. The van der Waals surface area contributed by atoms with Gasteiger partial charge in [0.2, 0.25) is 5.95 Å². The maximum atomic E-state index is 13.2. The number of nitriles is 1. The van der Waals surface area contributed by atoms with Gasteiger partial charge in [0, 0.05) is 62.4 Å². The molecule has 11 nitrogen and oxygen atoms in total. The summed E-state index contributed by atoms with van der Waals surface area (Å²) < 4.78 is 0. The van der Waals surface area contributed by atoms with Gasteiger partial charge in [-0.1, -0.05) is 6.07 Å². The molecule has 0 radical (unpaired) electrons. The first kappa shape index (κ1) is 22.8. The number of aromatic nitrogens is 4. The van der Waals surface area contributed by atoms with Crippen LogP contribution in [-0.4, -0.2) is 74.4 Å². The average molecular weight is 496 g/mol. The van der Waals surface area contributed by atoms with Crippen LogP contribution in [0.2, 0.25) is 0 Å². The molecule has 37 heavy (non-hydrogen) atoms. The molecule has 2 saturated heterocycles. The Balaban J connectivity index is 1.27. The molecule has 1 atom stereocenters. The highest BCUT2D eigenvalue weighted by Gasteiger charge is 2.45. The van der Waals surface area contributed by atoms with Crippen LogP contribution >= 0.6 is 0 Å². The van der Waals surface area contributed by atoms with E-state index in [0.717, 1.165) is 11.1 Å². The van der Waals surface area contributed by atoms with E-state index in [9.17, 15) is 14.9 Å². The lowest BCUT2D eigenvalue weighted by Crippen LogP contribution is -2.52. The minimum atomic E-state index is -0.824. The first-order valence-electron chi connectivity index (χ1n) is 12.2. The second-order valence-electron chi connectivity index (χ2n) is 9.92. The Labute approximate surface area is 213 Å². The number of amides is 2. The molecule has 6 rings (SSSR count). The number of carbonyl (C=O) groups excluding carboxylic acids is 2. The number of Topliss-reactive ketones (excluding diaryl/α,β-unsaturated/α-hetero) is 1. The highest BCUT2D eigenvalue weighted by Crippen LogP contribution is 2.39. The van der Waals surface area contributed by atoms with E-state index in [-0.39, 0.29) is 17.9 Å². The van der Waals surface area contributed by atoms with E-state index in [0.29, 0.717) is 61.4 Å². The van der Waals surface area contributed by atoms with Crippen molar-refractivity contribution in [3.8, 4) is 17.3 Å². The van der Waals surface area contributed by atoms with Crippen molar-refractivity contribution in [1.82, 2.24) is 30.2 Å². The van der Waals surface area contributed by atoms with Crippen LogP contribution in [0.4, 0.5) is 16.6 Å². The average Bonchev–Trinajstić information content (AvgIpc) is 3.38. The normalized spacial score (nSPS) is 19.9. The van der Waals surface area contributed by atoms with Crippen molar-refractivity contribution in [3.05, 3.63) is 59.7 Å². The number of rotatable bonds is 4. The number of urea groups is 1. The highest BCUT2D eigenvalue weighted by molar-refractivity contribution is 6.12. The quantitative estimate of drug-likeness (QED) is 0.577. The van der Waals surface area contributed by atoms with E-state index in [1.165, 1.54) is 0 Å². The molecule has 6 heterocycles. The molecule has 11 heteroatoms. The summed E-state index contributed by atoms with van der Waals surface area (Å²) in [5.41, 5.74) is 2.18. The van der Waals surface area contributed by atoms with E-state index in [2.05, 4.69) is 31.2 Å². The maximum absolute atomic E-state index is 13.2. The van der Waals surface area contributed by atoms with Crippen LogP contribution in [0.3, 0.4) is 0 Å². The van der Waals surface area contributed by atoms with Crippen LogP contribution in [-0.2, 0) is 6.54 Å². The Morgan fingerprint density at radius 1 is 1.14 bits per heavy atom. The molecular weight excluding hydrogens is 470 g/mol. The molecule has 3 aromatic rings. The molecule has 0 aromatic carbocycles. The van der Waals surface area contributed by atoms with Crippen LogP contribution in [0.25, 0.3) is 11.3 Å². The number of nitrogens with zero attached hydrogens (tertiary/aromatic N) is 8. The number of hydrogen-bond acceptors (Lipinski definition) is 9. The lowest BCUT2D eigenvalue weighted by molar-refractivity contribution is 0.0923. The number of pyridine rings is 2. The summed E-state index contributed by atoms with van der Waals surface area (Å²) in [5, 5.41) is 12.4. The molecule has 2 amide bonds. The molecule has 2 fully saturated rings. The first-order valence-corrected chi connectivity index (χ1v) is 12.2. The summed E-state index contributed by atoms with van der Waals surface area (Å²) >= 11 is 0. The van der Waals surface area contributed by atoms with E-state index in [1.807, 2.05) is 35.8 Å². The molecular formula is C26H25N9O2. The predicted octanol–water partition coefficient (Wildman–Crippen LogP) is 2.00. The molecule has 3 aromatic heterocycles. The molecule has 1 N–H and O–H groups in total. The monoisotopic (exact) mass is 495 g/mol. The van der Waals surface area contributed by atoms with E-state index < -0.39 is 5.54 Å². The van der Waals surface area contributed by atoms with Crippen molar-refractivity contribution in [2.24, 2.45) is 0 Å². The smallest absolute Gasteiger partial charge is 0.317 e. The maximum Gasteiger partial charge on any atom is 0.317 e. The zero-order chi connectivity index (χ0) is 25.7. The van der Waals surface area contributed by atoms with E-state index in [4.69, 9.17) is 4.98 Å². The second-order valence-corrected chi connectivity index (χ2v) is 9.92. The lowest BCUT2D eigenvalue weighted by atomic mass is 9.97. The fraction of sp³-hybridized carbons (Fsp3) is 0.346. The summed E-state index contributed by atoms with van der Waals surface area (Å²) in [4.78, 5) is 49.1. The van der Waals surface area contributed by atoms with Crippen LogP contribution in [0.15, 0.2) is 42.9 Å². The zero-order valence-corrected chi connectivity index (χ0v) is 20.5. The van der Waals surface area contributed by atoms with Crippen molar-refractivity contribution in [3.63, 3.8) is 0 Å². The van der Waals surface area contributed by atoms with Gasteiger partial charge in [-0.3, -0.25) is 4.79 Å². The number of hydrogen-bond donors (Lipinski definition) is 1. The Bertz CT molecular complexity index is 1450. The van der Waals surface area contributed by atoms with Gasteiger partial charge in [0.25, 0.3) is 0 Å². The number of fused-ring (bicyclic) bond motifs is 2. The zero-order valence-electron chi connectivity index (χ0n) is 20.5. The van der Waals surface area contributed by atoms with Crippen molar-refractivity contribution < 1.29 is 9.59 Å². The van der Waals surface area contributed by atoms with E-state index in [1.54, 1.807) is 30.7 Å². The van der Waals surface area contributed by atoms with Gasteiger partial charge in [0.1, 0.15) is 17.6 Å². The van der Waals surface area contributed by atoms with Gasteiger partial charge in [-0.15, -0.1) is 0 Å². The van der Waals surface area contributed by atoms with Crippen LogP contribution in [0.1, 0.15) is 35.5 Å². The van der Waals surface area contributed by atoms with Crippen LogP contribution in [0.5, 0.6) is 0 Å². The van der Waals surface area contributed by atoms with Gasteiger partial charge in [-0.2, -0.15) is 5.26 Å². The third-order valence-electron chi connectivity index (χ3n) is 7.38. The first-order chi connectivity index (χ1) is 17.9. The van der Waals surface area contributed by atoms with Crippen molar-refractivity contribution in [1.29, 1.82) is 5.26 Å². The van der Waals surface area contributed by atoms with Crippen molar-refractivity contribution in [2.45, 2.75) is 32.0 Å². The Hall–Kier alpha value is -4.59. The van der Waals surface area contributed by atoms with Crippen molar-refractivity contribution >= 4 is 23.6 Å². The standard InChI is InChI=1S/C26H25N9O2/c1-26(2)22(36)19-5-6-20(32-23(19)35(26)14-16-4-3-7-28-21(16)10-27)17-11-29-24(30-12-17)33-8-9-34-18(15-33)13-31-25(34)37/h3-7,11-12,18H,8-9,13-15H2,1-2H3,(H,31,37)/t18-/m0/s1. The predicted molar refractivity (Wildman–Crippen MR) is 135 cm³/mol. The van der Waals surface area contributed by atoms with Gasteiger partial charge in [0.05, 0.1) is 22.8 Å². The number of ketones is 1. The van der Waals surface area contributed by atoms with Crippen molar-refractivity contribution in [2.75, 3.05) is 36.0 Å². The van der Waals surface area contributed by atoms with Gasteiger partial charge < -0.3 is 20.0 Å². The summed E-state index contributed by atoms with van der Waals surface area (Å²) in [7, 11) is 0. The highest BCUT2D eigenvalue weighted by atomic mass is 16.2. The Kier molecular flexibility index (Phi) is 5.26. The Morgan fingerprint density at radius 3 is 2.73 bits per heavy atom. The summed E-state index contributed by atoms with van der Waals surface area (Å²) in [5.74, 6) is 1.16. The topological polar surface area (TPSA) is 131 Å². The third kappa shape index (κ3) is 3.72. The molecule has 0 unspecified atom stereocenters. The number of nitrogens with one attached hydrogen (secondary N) is 1. The van der Waals surface area contributed by atoms with Gasteiger partial charge in [-0.05, 0) is 32.0 Å². The van der Waals surface area contributed by atoms with E-state index >= 15 is 0 Å². The molecule has 0 aliphatic carbocycles. The minimum Gasteiger partial charge on any atom is -0.339 e. The van der Waals surface area contributed by atoms with Crippen LogP contribution < -0.4 is 15.1 Å². The lowest BCUT2D eigenvalue weighted by Gasteiger charge is -2.36. The number of anilines is 2. The molecule has 0 saturated carbocycles. The van der Waals surface area contributed by atoms with Gasteiger partial charge in [0.15, 0.2) is 5.78 Å². The number of carbonyl (C=O) groups is 2.